The highest BCUT2D eigenvalue weighted by Gasteiger charge is 2.28. The lowest BCUT2D eigenvalue weighted by molar-refractivity contribution is -0.191. The van der Waals surface area contributed by atoms with Crippen molar-refractivity contribution in [3.63, 3.8) is 0 Å². The first-order valence-corrected chi connectivity index (χ1v) is 5.08. The van der Waals surface area contributed by atoms with Crippen LogP contribution < -0.4 is 5.48 Å². The summed E-state index contributed by atoms with van der Waals surface area (Å²) in [7, 11) is 0. The Balaban J connectivity index is 2.23. The Hall–Kier alpha value is -1.63. The third-order valence-corrected chi connectivity index (χ3v) is 1.98. The summed E-state index contributed by atoms with van der Waals surface area (Å²) in [5.74, 6) is -1.06. The van der Waals surface area contributed by atoms with Gasteiger partial charge in [-0.15, -0.1) is 0 Å². The van der Waals surface area contributed by atoms with Gasteiger partial charge in [-0.3, -0.25) is 9.63 Å². The maximum Gasteiger partial charge on any atom is 0.414 e. The third kappa shape index (κ3) is 6.19. The minimum atomic E-state index is -4.48. The van der Waals surface area contributed by atoms with Crippen molar-refractivity contribution in [2.45, 2.75) is 19.0 Å². The van der Waals surface area contributed by atoms with Crippen molar-refractivity contribution in [2.75, 3.05) is 6.61 Å². The van der Waals surface area contributed by atoms with Crippen molar-refractivity contribution in [3.8, 4) is 0 Å². The first-order valence-electron chi connectivity index (χ1n) is 5.08. The largest absolute Gasteiger partial charge is 0.414 e. The lowest BCUT2D eigenvalue weighted by Gasteiger charge is -2.08. The molecule has 0 saturated carbocycles. The Morgan fingerprint density at radius 2 is 1.83 bits per heavy atom. The van der Waals surface area contributed by atoms with Crippen molar-refractivity contribution in [3.05, 3.63) is 35.6 Å². The second kappa shape index (κ2) is 6.34. The summed E-state index contributed by atoms with van der Waals surface area (Å²) in [4.78, 5) is 15.1. The molecule has 0 spiro atoms. The smallest absolute Gasteiger partial charge is 0.273 e. The van der Waals surface area contributed by atoms with Crippen LogP contribution in [0.2, 0.25) is 0 Å². The molecule has 7 heteroatoms. The normalized spacial score (nSPS) is 11.3. The summed E-state index contributed by atoms with van der Waals surface area (Å²) in [5, 5.41) is 0. The van der Waals surface area contributed by atoms with Gasteiger partial charge in [-0.05, 0) is 24.1 Å². The van der Waals surface area contributed by atoms with E-state index >= 15 is 0 Å². The summed E-state index contributed by atoms with van der Waals surface area (Å²) in [6.07, 6.45) is -4.23. The molecule has 100 valence electrons. The SMILES string of the molecule is O=C(CCc1ccc(F)cc1)NOCC(F)(F)F. The summed E-state index contributed by atoms with van der Waals surface area (Å²) in [6.45, 7) is -1.53. The predicted octanol–water partition coefficient (Wildman–Crippen LogP) is 2.37. The number of aryl methyl sites for hydroxylation is 1. The van der Waals surface area contributed by atoms with Crippen molar-refractivity contribution in [1.29, 1.82) is 0 Å². The van der Waals surface area contributed by atoms with Gasteiger partial charge < -0.3 is 0 Å². The van der Waals surface area contributed by atoms with E-state index < -0.39 is 24.5 Å². The van der Waals surface area contributed by atoms with E-state index in [1.807, 2.05) is 0 Å². The molecular weight excluding hydrogens is 254 g/mol. The molecule has 0 saturated heterocycles. The molecule has 0 heterocycles. The molecule has 0 fully saturated rings. The highest BCUT2D eigenvalue weighted by atomic mass is 19.4. The Bertz CT molecular complexity index is 389. The molecule has 1 aromatic carbocycles. The van der Waals surface area contributed by atoms with Crippen molar-refractivity contribution in [1.82, 2.24) is 5.48 Å². The summed E-state index contributed by atoms with van der Waals surface area (Å²) < 4.78 is 47.6. The molecule has 0 aliphatic rings. The molecule has 1 rings (SSSR count). The van der Waals surface area contributed by atoms with Gasteiger partial charge in [0.2, 0.25) is 5.91 Å². The highest BCUT2D eigenvalue weighted by Crippen LogP contribution is 2.13. The second-order valence-electron chi connectivity index (χ2n) is 3.56. The van der Waals surface area contributed by atoms with E-state index in [9.17, 15) is 22.4 Å². The molecule has 1 N–H and O–H groups in total. The van der Waals surface area contributed by atoms with Crippen LogP contribution in [-0.4, -0.2) is 18.7 Å². The van der Waals surface area contributed by atoms with E-state index in [0.717, 1.165) is 0 Å². The summed E-state index contributed by atoms with van der Waals surface area (Å²) in [6, 6.07) is 5.49. The number of hydroxylamine groups is 1. The van der Waals surface area contributed by atoms with Crippen molar-refractivity contribution in [2.24, 2.45) is 0 Å². The number of carbonyl (C=O) groups excluding carboxylic acids is 1. The second-order valence-corrected chi connectivity index (χ2v) is 3.56. The van der Waals surface area contributed by atoms with E-state index in [2.05, 4.69) is 4.84 Å². The van der Waals surface area contributed by atoms with Crippen molar-refractivity contribution >= 4 is 5.91 Å². The summed E-state index contributed by atoms with van der Waals surface area (Å²) in [5.41, 5.74) is 2.40. The Labute approximate surface area is 101 Å². The number of hydrogen-bond donors (Lipinski definition) is 1. The van der Waals surface area contributed by atoms with Crippen LogP contribution in [0.4, 0.5) is 17.6 Å². The van der Waals surface area contributed by atoms with Crippen LogP contribution >= 0.6 is 0 Å². The molecule has 18 heavy (non-hydrogen) atoms. The zero-order valence-electron chi connectivity index (χ0n) is 9.26. The first kappa shape index (κ1) is 14.4. The van der Waals surface area contributed by atoms with Crippen LogP contribution in [0, 0.1) is 5.82 Å². The first-order chi connectivity index (χ1) is 8.37. The van der Waals surface area contributed by atoms with Gasteiger partial charge in [-0.25, -0.2) is 9.87 Å². The van der Waals surface area contributed by atoms with Crippen LogP contribution in [-0.2, 0) is 16.1 Å². The number of benzene rings is 1. The minimum absolute atomic E-state index is 0.0382. The Kier molecular flexibility index (Phi) is 5.08. The molecule has 1 aromatic rings. The molecule has 0 aliphatic heterocycles. The van der Waals surface area contributed by atoms with Gasteiger partial charge in [-0.1, -0.05) is 12.1 Å². The number of amides is 1. The van der Waals surface area contributed by atoms with Gasteiger partial charge in [0.1, 0.15) is 5.82 Å². The summed E-state index contributed by atoms with van der Waals surface area (Å²) >= 11 is 0. The van der Waals surface area contributed by atoms with E-state index in [4.69, 9.17) is 0 Å². The standard InChI is InChI=1S/C11H11F4NO2/c12-9-4-1-8(2-5-9)3-6-10(17)16-18-7-11(13,14)15/h1-2,4-5H,3,6-7H2,(H,16,17). The van der Waals surface area contributed by atoms with Gasteiger partial charge in [0.15, 0.2) is 6.61 Å². The van der Waals surface area contributed by atoms with Gasteiger partial charge in [-0.2, -0.15) is 13.2 Å². The molecule has 3 nitrogen and oxygen atoms in total. The zero-order chi connectivity index (χ0) is 13.6. The monoisotopic (exact) mass is 265 g/mol. The average Bonchev–Trinajstić information content (AvgIpc) is 2.26. The number of alkyl halides is 3. The van der Waals surface area contributed by atoms with Gasteiger partial charge >= 0.3 is 6.18 Å². The molecule has 0 aliphatic carbocycles. The highest BCUT2D eigenvalue weighted by molar-refractivity contribution is 5.75. The van der Waals surface area contributed by atoms with Crippen LogP contribution in [0.1, 0.15) is 12.0 Å². The van der Waals surface area contributed by atoms with E-state index in [0.29, 0.717) is 12.0 Å². The van der Waals surface area contributed by atoms with E-state index in [-0.39, 0.29) is 6.42 Å². The quantitative estimate of drug-likeness (QED) is 0.655. The molecule has 0 unspecified atom stereocenters. The number of hydrogen-bond acceptors (Lipinski definition) is 2. The van der Waals surface area contributed by atoms with E-state index in [1.54, 1.807) is 5.48 Å². The van der Waals surface area contributed by atoms with Crippen LogP contribution in [0.15, 0.2) is 24.3 Å². The average molecular weight is 265 g/mol. The van der Waals surface area contributed by atoms with E-state index in [1.165, 1.54) is 24.3 Å². The lowest BCUT2D eigenvalue weighted by Crippen LogP contribution is -2.29. The fourth-order valence-corrected chi connectivity index (χ4v) is 1.16. The number of rotatable bonds is 5. The molecule has 1 amide bonds. The predicted molar refractivity (Wildman–Crippen MR) is 54.9 cm³/mol. The van der Waals surface area contributed by atoms with Crippen LogP contribution in [0.25, 0.3) is 0 Å². The fourth-order valence-electron chi connectivity index (χ4n) is 1.16. The van der Waals surface area contributed by atoms with Crippen molar-refractivity contribution < 1.29 is 27.2 Å². The lowest BCUT2D eigenvalue weighted by atomic mass is 10.1. The Morgan fingerprint density at radius 3 is 2.39 bits per heavy atom. The third-order valence-electron chi connectivity index (χ3n) is 1.98. The molecule has 0 atom stereocenters. The molecular formula is C11H11F4NO2. The molecule has 0 aromatic heterocycles. The maximum atomic E-state index is 12.6. The van der Waals surface area contributed by atoms with Gasteiger partial charge in [0, 0.05) is 6.42 Å². The van der Waals surface area contributed by atoms with Gasteiger partial charge in [0.25, 0.3) is 0 Å². The van der Waals surface area contributed by atoms with Crippen LogP contribution in [0.3, 0.4) is 0 Å². The topological polar surface area (TPSA) is 38.3 Å². The van der Waals surface area contributed by atoms with Gasteiger partial charge in [0.05, 0.1) is 0 Å². The number of halogens is 4. The Morgan fingerprint density at radius 1 is 1.22 bits per heavy atom. The minimum Gasteiger partial charge on any atom is -0.273 e. The zero-order valence-corrected chi connectivity index (χ0v) is 9.26. The molecule has 0 radical (unpaired) electrons. The number of nitrogens with one attached hydrogen (secondary N) is 1. The molecule has 0 bridgehead atoms. The van der Waals surface area contributed by atoms with Crippen LogP contribution in [0.5, 0.6) is 0 Å². The fraction of sp³-hybridized carbons (Fsp3) is 0.364. The maximum absolute atomic E-state index is 12.6. The number of carbonyl (C=O) groups is 1.